The van der Waals surface area contributed by atoms with Crippen molar-refractivity contribution in [1.29, 1.82) is 5.26 Å². The molecule has 8 heteroatoms. The van der Waals surface area contributed by atoms with Gasteiger partial charge < -0.3 is 23.5 Å². The highest BCUT2D eigenvalue weighted by atomic mass is 35.5. The molecule has 0 spiro atoms. The topological polar surface area (TPSA) is 94.6 Å². The lowest BCUT2D eigenvalue weighted by Crippen LogP contribution is -2.10. The van der Waals surface area contributed by atoms with Gasteiger partial charge in [-0.15, -0.1) is 0 Å². The number of hydrogen-bond acceptors (Lipinski definition) is 7. The highest BCUT2D eigenvalue weighted by Crippen LogP contribution is 2.47. The number of nitrogens with zero attached hydrogens (tertiary/aromatic N) is 2. The van der Waals surface area contributed by atoms with Gasteiger partial charge in [-0.2, -0.15) is 5.26 Å². The molecule has 2 rings (SSSR count). The first-order chi connectivity index (χ1) is 12.0. The van der Waals surface area contributed by atoms with Gasteiger partial charge in [0.2, 0.25) is 5.75 Å². The van der Waals surface area contributed by atoms with Crippen molar-refractivity contribution in [2.75, 3.05) is 21.3 Å². The molecule has 0 aliphatic rings. The van der Waals surface area contributed by atoms with Crippen molar-refractivity contribution >= 4 is 17.9 Å². The van der Waals surface area contributed by atoms with Crippen LogP contribution in [0.3, 0.4) is 0 Å². The van der Waals surface area contributed by atoms with Crippen LogP contribution < -0.4 is 14.2 Å². The molecule has 1 aromatic carbocycles. The van der Waals surface area contributed by atoms with E-state index >= 15 is 0 Å². The fourth-order valence-corrected chi connectivity index (χ4v) is 2.82. The zero-order valence-corrected chi connectivity index (χ0v) is 15.0. The second-order valence-corrected chi connectivity index (χ2v) is 5.49. The van der Waals surface area contributed by atoms with E-state index in [1.165, 1.54) is 21.3 Å². The van der Waals surface area contributed by atoms with Gasteiger partial charge in [0.15, 0.2) is 17.3 Å². The van der Waals surface area contributed by atoms with Crippen LogP contribution in [0, 0.1) is 18.3 Å². The number of rotatable bonds is 7. The number of nitriles is 1. The summed E-state index contributed by atoms with van der Waals surface area (Å²) in [6.07, 6.45) is 0.692. The number of carbonyl (C=O) groups is 1. The van der Waals surface area contributed by atoms with Crippen LogP contribution in [0.4, 0.5) is 0 Å². The molecule has 1 unspecified atom stereocenters. The maximum Gasteiger partial charge on any atom is 0.203 e. The third-order valence-corrected chi connectivity index (χ3v) is 4.23. The van der Waals surface area contributed by atoms with E-state index in [0.717, 1.165) is 0 Å². The molecule has 0 aliphatic heterocycles. The van der Waals surface area contributed by atoms with Gasteiger partial charge in [-0.05, 0) is 18.6 Å². The number of aromatic nitrogens is 1. The minimum atomic E-state index is -0.910. The van der Waals surface area contributed by atoms with Crippen molar-refractivity contribution in [3.8, 4) is 23.3 Å². The Kier molecular flexibility index (Phi) is 5.88. The summed E-state index contributed by atoms with van der Waals surface area (Å²) in [5, 5.41) is 13.2. The summed E-state index contributed by atoms with van der Waals surface area (Å²) in [7, 11) is 4.36. The predicted molar refractivity (Wildman–Crippen MR) is 89.6 cm³/mol. The Hall–Kier alpha value is -2.72. The van der Waals surface area contributed by atoms with Gasteiger partial charge in [-0.3, -0.25) is 0 Å². The summed E-state index contributed by atoms with van der Waals surface area (Å²) in [6, 6.07) is 3.70. The smallest absolute Gasteiger partial charge is 0.203 e. The fourth-order valence-electron chi connectivity index (χ4n) is 2.63. The minimum Gasteiger partial charge on any atom is -0.493 e. The molecule has 25 heavy (non-hydrogen) atoms. The van der Waals surface area contributed by atoms with Crippen LogP contribution in [-0.4, -0.2) is 32.8 Å². The zero-order valence-electron chi connectivity index (χ0n) is 14.3. The Morgan fingerprint density at radius 3 is 2.44 bits per heavy atom. The SMILES string of the molecule is COc1cc(CC#N)c(C(C=O)c2onc(C)c2Cl)c(OC)c1OC. The summed E-state index contributed by atoms with van der Waals surface area (Å²) < 4.78 is 21.4. The average molecular weight is 365 g/mol. The van der Waals surface area contributed by atoms with E-state index in [0.29, 0.717) is 34.6 Å². The van der Waals surface area contributed by atoms with Crippen LogP contribution in [0.1, 0.15) is 28.5 Å². The summed E-state index contributed by atoms with van der Waals surface area (Å²) in [4.78, 5) is 11.9. The first kappa shape index (κ1) is 18.6. The van der Waals surface area contributed by atoms with Crippen LogP contribution in [0.5, 0.6) is 17.2 Å². The lowest BCUT2D eigenvalue weighted by atomic mass is 9.90. The van der Waals surface area contributed by atoms with E-state index in [1.54, 1.807) is 13.0 Å². The third kappa shape index (κ3) is 3.26. The van der Waals surface area contributed by atoms with Crippen LogP contribution in [0.25, 0.3) is 0 Å². The molecule has 0 saturated carbocycles. The molecular weight excluding hydrogens is 348 g/mol. The third-order valence-electron chi connectivity index (χ3n) is 3.77. The van der Waals surface area contributed by atoms with Gasteiger partial charge in [-0.1, -0.05) is 16.8 Å². The lowest BCUT2D eigenvalue weighted by molar-refractivity contribution is -0.108. The van der Waals surface area contributed by atoms with Crippen LogP contribution in [-0.2, 0) is 11.2 Å². The number of aryl methyl sites for hydroxylation is 1. The molecule has 1 atom stereocenters. The van der Waals surface area contributed by atoms with Gasteiger partial charge in [0.1, 0.15) is 17.2 Å². The molecule has 0 bridgehead atoms. The Bertz CT molecular complexity index is 825. The van der Waals surface area contributed by atoms with Crippen molar-refractivity contribution in [2.24, 2.45) is 0 Å². The van der Waals surface area contributed by atoms with Crippen molar-refractivity contribution in [3.05, 3.63) is 33.7 Å². The van der Waals surface area contributed by atoms with E-state index in [4.69, 9.17) is 35.6 Å². The van der Waals surface area contributed by atoms with E-state index in [-0.39, 0.29) is 23.0 Å². The van der Waals surface area contributed by atoms with Crippen molar-refractivity contribution in [1.82, 2.24) is 5.16 Å². The number of methoxy groups -OCH3 is 3. The monoisotopic (exact) mass is 364 g/mol. The van der Waals surface area contributed by atoms with Crippen molar-refractivity contribution in [3.63, 3.8) is 0 Å². The molecule has 2 aromatic rings. The van der Waals surface area contributed by atoms with Crippen molar-refractivity contribution < 1.29 is 23.5 Å². The van der Waals surface area contributed by atoms with Gasteiger partial charge in [0.05, 0.1) is 39.5 Å². The maximum absolute atomic E-state index is 11.9. The minimum absolute atomic E-state index is 0.0289. The van der Waals surface area contributed by atoms with Crippen molar-refractivity contribution in [2.45, 2.75) is 19.3 Å². The summed E-state index contributed by atoms with van der Waals surface area (Å²) in [5.74, 6) is 0.235. The highest BCUT2D eigenvalue weighted by molar-refractivity contribution is 6.32. The highest BCUT2D eigenvalue weighted by Gasteiger charge is 2.31. The molecule has 0 saturated heterocycles. The van der Waals surface area contributed by atoms with Gasteiger partial charge in [0.25, 0.3) is 0 Å². The summed E-state index contributed by atoms with van der Waals surface area (Å²) in [6.45, 7) is 1.67. The van der Waals surface area contributed by atoms with Crippen LogP contribution >= 0.6 is 11.6 Å². The first-order valence-electron chi connectivity index (χ1n) is 7.29. The molecular formula is C17H17ClN2O5. The predicted octanol–water partition coefficient (Wildman–Crippen LogP) is 3.06. The molecule has 0 fully saturated rings. The van der Waals surface area contributed by atoms with Crippen LogP contribution in [0.2, 0.25) is 5.02 Å². The van der Waals surface area contributed by atoms with Crippen LogP contribution in [0.15, 0.2) is 10.6 Å². The molecule has 1 aromatic heterocycles. The number of ether oxygens (including phenoxy) is 3. The van der Waals surface area contributed by atoms with E-state index in [2.05, 4.69) is 11.2 Å². The molecule has 0 radical (unpaired) electrons. The zero-order chi connectivity index (χ0) is 18.6. The number of hydrogen-bond donors (Lipinski definition) is 0. The Labute approximate surface area is 150 Å². The molecule has 7 nitrogen and oxygen atoms in total. The second kappa shape index (κ2) is 7.90. The van der Waals surface area contributed by atoms with E-state index in [1.807, 2.05) is 0 Å². The Morgan fingerprint density at radius 2 is 2.00 bits per heavy atom. The largest absolute Gasteiger partial charge is 0.493 e. The molecule has 1 heterocycles. The molecule has 0 amide bonds. The number of halogens is 1. The standard InChI is InChI=1S/C17H17ClN2O5/c1-9-14(18)15(25-20-9)11(8-21)13-10(5-6-19)7-12(22-2)16(23-3)17(13)24-4/h7-8,11H,5H2,1-4H3. The van der Waals surface area contributed by atoms with E-state index < -0.39 is 5.92 Å². The Morgan fingerprint density at radius 1 is 1.32 bits per heavy atom. The molecule has 0 N–H and O–H groups in total. The number of aldehydes is 1. The van der Waals surface area contributed by atoms with E-state index in [9.17, 15) is 4.79 Å². The Balaban J connectivity index is 2.82. The average Bonchev–Trinajstić information content (AvgIpc) is 2.95. The molecule has 0 aliphatic carbocycles. The summed E-state index contributed by atoms with van der Waals surface area (Å²) >= 11 is 6.21. The molecule has 132 valence electrons. The summed E-state index contributed by atoms with van der Waals surface area (Å²) in [5.41, 5.74) is 1.43. The first-order valence-corrected chi connectivity index (χ1v) is 7.67. The number of benzene rings is 1. The second-order valence-electron chi connectivity index (χ2n) is 5.11. The van der Waals surface area contributed by atoms with Gasteiger partial charge >= 0.3 is 0 Å². The lowest BCUT2D eigenvalue weighted by Gasteiger charge is -2.21. The quantitative estimate of drug-likeness (QED) is 0.696. The fraction of sp³-hybridized carbons (Fsp3) is 0.353. The maximum atomic E-state index is 11.9. The normalized spacial score (nSPS) is 11.5. The number of carbonyl (C=O) groups excluding carboxylic acids is 1. The van der Waals surface area contributed by atoms with Gasteiger partial charge in [0, 0.05) is 5.56 Å². The van der Waals surface area contributed by atoms with Gasteiger partial charge in [-0.25, -0.2) is 0 Å².